The number of fused-ring (bicyclic) bond motifs is 4. The maximum atomic E-state index is 15.2. The molecular formula is C32H27FN4O. The standard InChI is InChI=1S/C32H27FN4O/c1-18-15-23(20-9-6-8-12-25(20)35-18)30-36-27(21-10-5-7-11-24(21)33)22-13-14-26-31(2,3)29(38)19(17-34)16-32(26,4)28(22)37-30/h5-12,15-16,26H,13-14H2,1-4H3/t26-,32-/m1/s1. The lowest BCUT2D eigenvalue weighted by atomic mass is 9.52. The van der Waals surface area contributed by atoms with E-state index in [-0.39, 0.29) is 23.1 Å². The van der Waals surface area contributed by atoms with Crippen molar-refractivity contribution in [2.75, 3.05) is 0 Å². The largest absolute Gasteiger partial charge is 0.293 e. The fourth-order valence-electron chi connectivity index (χ4n) is 6.64. The maximum absolute atomic E-state index is 15.2. The predicted octanol–water partition coefficient (Wildman–Crippen LogP) is 6.69. The lowest BCUT2D eigenvalue weighted by Gasteiger charge is -2.50. The van der Waals surface area contributed by atoms with Crippen LogP contribution in [0, 0.1) is 35.4 Å². The van der Waals surface area contributed by atoms with Crippen molar-refractivity contribution >= 4 is 16.7 Å². The molecule has 0 unspecified atom stereocenters. The van der Waals surface area contributed by atoms with Crippen molar-refractivity contribution in [3.05, 3.63) is 89.0 Å². The zero-order chi connectivity index (χ0) is 26.8. The molecule has 0 amide bonds. The summed E-state index contributed by atoms with van der Waals surface area (Å²) in [5.74, 6) is -0.0773. The highest BCUT2D eigenvalue weighted by Crippen LogP contribution is 2.55. The predicted molar refractivity (Wildman–Crippen MR) is 145 cm³/mol. The number of rotatable bonds is 2. The molecule has 2 atom stereocenters. The normalized spacial score (nSPS) is 21.8. The van der Waals surface area contributed by atoms with E-state index in [0.29, 0.717) is 29.9 Å². The van der Waals surface area contributed by atoms with Crippen LogP contribution in [-0.2, 0) is 16.6 Å². The van der Waals surface area contributed by atoms with Gasteiger partial charge in [-0.2, -0.15) is 5.26 Å². The third-order valence-electron chi connectivity index (χ3n) is 8.40. The van der Waals surface area contributed by atoms with Crippen LogP contribution in [0.25, 0.3) is 33.5 Å². The number of hydrogen-bond donors (Lipinski definition) is 0. The van der Waals surface area contributed by atoms with Crippen molar-refractivity contribution < 1.29 is 9.18 Å². The molecule has 2 aromatic carbocycles. The van der Waals surface area contributed by atoms with Gasteiger partial charge in [0.15, 0.2) is 11.6 Å². The molecule has 0 bridgehead atoms. The summed E-state index contributed by atoms with van der Waals surface area (Å²) in [6, 6.07) is 18.6. The number of nitrogens with zero attached hydrogens (tertiary/aromatic N) is 4. The Labute approximate surface area is 221 Å². The van der Waals surface area contributed by atoms with Gasteiger partial charge in [-0.1, -0.05) is 57.2 Å². The van der Waals surface area contributed by atoms with Crippen LogP contribution in [0.5, 0.6) is 0 Å². The van der Waals surface area contributed by atoms with E-state index in [1.807, 2.05) is 57.2 Å². The maximum Gasteiger partial charge on any atom is 0.178 e. The third-order valence-corrected chi connectivity index (χ3v) is 8.40. The van der Waals surface area contributed by atoms with Gasteiger partial charge in [-0.25, -0.2) is 14.4 Å². The molecule has 188 valence electrons. The van der Waals surface area contributed by atoms with Crippen LogP contribution in [0.2, 0.25) is 0 Å². The summed E-state index contributed by atoms with van der Waals surface area (Å²) in [5, 5.41) is 10.8. The third kappa shape index (κ3) is 3.42. The Morgan fingerprint density at radius 2 is 1.74 bits per heavy atom. The summed E-state index contributed by atoms with van der Waals surface area (Å²) < 4.78 is 15.2. The van der Waals surface area contributed by atoms with Gasteiger partial charge in [-0.3, -0.25) is 9.78 Å². The minimum atomic E-state index is -0.741. The number of para-hydroxylation sites is 1. The summed E-state index contributed by atoms with van der Waals surface area (Å²) in [5.41, 5.74) is 3.78. The van der Waals surface area contributed by atoms with Gasteiger partial charge in [0.25, 0.3) is 0 Å². The molecule has 0 radical (unpaired) electrons. The molecule has 38 heavy (non-hydrogen) atoms. The molecule has 2 aliphatic rings. The minimum Gasteiger partial charge on any atom is -0.293 e. The molecule has 0 fully saturated rings. The van der Waals surface area contributed by atoms with E-state index in [4.69, 9.17) is 9.97 Å². The average molecular weight is 503 g/mol. The number of Topliss-reactive ketones (excluding diaryl/α,β-unsaturated/α-hetero) is 1. The molecule has 0 saturated carbocycles. The molecule has 2 aromatic heterocycles. The number of pyridine rings is 1. The number of nitriles is 1. The van der Waals surface area contributed by atoms with E-state index in [1.54, 1.807) is 18.2 Å². The van der Waals surface area contributed by atoms with Crippen LogP contribution in [0.4, 0.5) is 4.39 Å². The topological polar surface area (TPSA) is 79.5 Å². The smallest absolute Gasteiger partial charge is 0.178 e. The van der Waals surface area contributed by atoms with E-state index >= 15 is 4.39 Å². The highest BCUT2D eigenvalue weighted by Gasteiger charge is 2.55. The number of carbonyl (C=O) groups excluding carboxylic acids is 1. The fourth-order valence-corrected chi connectivity index (χ4v) is 6.64. The number of aryl methyl sites for hydroxylation is 1. The van der Waals surface area contributed by atoms with Crippen LogP contribution in [0.1, 0.15) is 44.1 Å². The number of ketones is 1. The zero-order valence-corrected chi connectivity index (χ0v) is 21.8. The lowest BCUT2D eigenvalue weighted by Crippen LogP contribution is -2.51. The van der Waals surface area contributed by atoms with E-state index < -0.39 is 10.8 Å². The Kier molecular flexibility index (Phi) is 5.32. The molecule has 0 spiro atoms. The van der Waals surface area contributed by atoms with E-state index in [0.717, 1.165) is 33.4 Å². The Balaban J connectivity index is 1.72. The Morgan fingerprint density at radius 3 is 2.50 bits per heavy atom. The molecule has 6 rings (SSSR count). The molecular weight excluding hydrogens is 475 g/mol. The zero-order valence-electron chi connectivity index (χ0n) is 21.8. The molecule has 0 N–H and O–H groups in total. The van der Waals surface area contributed by atoms with Gasteiger partial charge in [-0.15, -0.1) is 0 Å². The van der Waals surface area contributed by atoms with E-state index in [2.05, 4.69) is 18.0 Å². The van der Waals surface area contributed by atoms with Crippen LogP contribution >= 0.6 is 0 Å². The van der Waals surface area contributed by atoms with Crippen molar-refractivity contribution in [1.82, 2.24) is 15.0 Å². The quantitative estimate of drug-likeness (QED) is 0.305. The van der Waals surface area contributed by atoms with Gasteiger partial charge in [0.1, 0.15) is 11.9 Å². The van der Waals surface area contributed by atoms with Gasteiger partial charge < -0.3 is 0 Å². The molecule has 0 saturated heterocycles. The minimum absolute atomic E-state index is 0.0701. The van der Waals surface area contributed by atoms with Crippen molar-refractivity contribution in [2.45, 2.75) is 46.0 Å². The first-order valence-corrected chi connectivity index (χ1v) is 12.9. The number of benzene rings is 2. The highest BCUT2D eigenvalue weighted by molar-refractivity contribution is 6.04. The molecule has 0 aliphatic heterocycles. The van der Waals surface area contributed by atoms with Gasteiger partial charge in [0.05, 0.1) is 22.5 Å². The molecule has 6 heteroatoms. The first-order valence-electron chi connectivity index (χ1n) is 12.9. The van der Waals surface area contributed by atoms with Crippen LogP contribution < -0.4 is 0 Å². The van der Waals surface area contributed by atoms with Crippen molar-refractivity contribution in [2.24, 2.45) is 11.3 Å². The fraction of sp³-hybridized carbons (Fsp3) is 0.281. The van der Waals surface area contributed by atoms with Gasteiger partial charge >= 0.3 is 0 Å². The summed E-state index contributed by atoms with van der Waals surface area (Å²) >= 11 is 0. The van der Waals surface area contributed by atoms with Gasteiger partial charge in [-0.05, 0) is 49.9 Å². The highest BCUT2D eigenvalue weighted by atomic mass is 19.1. The van der Waals surface area contributed by atoms with Crippen molar-refractivity contribution in [3.8, 4) is 28.7 Å². The van der Waals surface area contributed by atoms with Crippen LogP contribution in [0.15, 0.2) is 66.2 Å². The first kappa shape index (κ1) is 24.1. The molecule has 2 aliphatic carbocycles. The number of halogens is 1. The van der Waals surface area contributed by atoms with Gasteiger partial charge in [0.2, 0.25) is 0 Å². The Morgan fingerprint density at radius 1 is 1.00 bits per heavy atom. The number of hydrogen-bond acceptors (Lipinski definition) is 5. The second-order valence-corrected chi connectivity index (χ2v) is 11.1. The Hall–Kier alpha value is -4.24. The molecule has 5 nitrogen and oxygen atoms in total. The first-order chi connectivity index (χ1) is 18.1. The number of aromatic nitrogens is 3. The van der Waals surface area contributed by atoms with E-state index in [1.165, 1.54) is 6.07 Å². The van der Waals surface area contributed by atoms with E-state index in [9.17, 15) is 10.1 Å². The molecule has 2 heterocycles. The second-order valence-electron chi connectivity index (χ2n) is 11.1. The summed E-state index contributed by atoms with van der Waals surface area (Å²) in [4.78, 5) is 28.1. The summed E-state index contributed by atoms with van der Waals surface area (Å²) in [6.45, 7) is 7.83. The average Bonchev–Trinajstić information content (AvgIpc) is 2.90. The van der Waals surface area contributed by atoms with Crippen LogP contribution in [0.3, 0.4) is 0 Å². The van der Waals surface area contributed by atoms with Crippen molar-refractivity contribution in [3.63, 3.8) is 0 Å². The molecule has 4 aromatic rings. The number of allylic oxidation sites excluding steroid dienone is 2. The van der Waals surface area contributed by atoms with Crippen molar-refractivity contribution in [1.29, 1.82) is 5.26 Å². The number of carbonyl (C=O) groups is 1. The van der Waals surface area contributed by atoms with Gasteiger partial charge in [0, 0.05) is 38.6 Å². The second kappa shape index (κ2) is 8.39. The summed E-state index contributed by atoms with van der Waals surface area (Å²) in [6.07, 6.45) is 3.11. The monoisotopic (exact) mass is 502 g/mol. The SMILES string of the molecule is Cc1cc(-c2nc(-c3ccccc3F)c3c(n2)[C@]2(C)C=C(C#N)C(=O)C(C)(C)[C@H]2CC3)c2ccccc2n1. The Bertz CT molecular complexity index is 1730. The summed E-state index contributed by atoms with van der Waals surface area (Å²) in [7, 11) is 0. The lowest BCUT2D eigenvalue weighted by molar-refractivity contribution is -0.128. The van der Waals surface area contributed by atoms with Crippen LogP contribution in [-0.4, -0.2) is 20.7 Å².